The number of nitrogens with zero attached hydrogens (tertiary/aromatic N) is 7. The van der Waals surface area contributed by atoms with Crippen molar-refractivity contribution in [1.29, 1.82) is 0 Å². The second-order valence-corrected chi connectivity index (χ2v) is 8.85. The first kappa shape index (κ1) is 23.9. The Morgan fingerprint density at radius 3 is 2.64 bits per heavy atom. The number of hydrogen-bond donors (Lipinski definition) is 2. The number of rotatable bonds is 9. The van der Waals surface area contributed by atoms with Crippen LogP contribution in [0.1, 0.15) is 0 Å². The summed E-state index contributed by atoms with van der Waals surface area (Å²) in [5.74, 6) is 1.15. The van der Waals surface area contributed by atoms with E-state index in [1.54, 1.807) is 6.20 Å². The van der Waals surface area contributed by atoms with Crippen LogP contribution in [0.15, 0.2) is 54.7 Å². The molecule has 1 aliphatic rings. The van der Waals surface area contributed by atoms with Crippen molar-refractivity contribution in [3.63, 3.8) is 0 Å². The van der Waals surface area contributed by atoms with Crippen molar-refractivity contribution < 1.29 is 14.6 Å². The molecular weight excluding hydrogens is 460 g/mol. The van der Waals surface area contributed by atoms with Crippen LogP contribution in [0.5, 0.6) is 5.75 Å². The molecule has 11 heteroatoms. The van der Waals surface area contributed by atoms with Crippen LogP contribution in [0.25, 0.3) is 11.2 Å². The monoisotopic (exact) mass is 490 g/mol. The molecule has 1 aliphatic heterocycles. The lowest BCUT2D eigenvalue weighted by molar-refractivity contribution is 0.0831. The fraction of sp³-hybridized carbons (Fsp3) is 0.360. The molecule has 1 unspecified atom stereocenters. The smallest absolute Gasteiger partial charge is 0.236 e. The first-order chi connectivity index (χ1) is 17.6. The summed E-state index contributed by atoms with van der Waals surface area (Å²) in [6.45, 7) is 3.72. The molecule has 11 nitrogen and oxygen atoms in total. The molecule has 0 spiro atoms. The maximum Gasteiger partial charge on any atom is 0.236 e. The van der Waals surface area contributed by atoms with Crippen LogP contribution in [0.4, 0.5) is 23.0 Å². The van der Waals surface area contributed by atoms with E-state index in [1.165, 1.54) is 0 Å². The quantitative estimate of drug-likeness (QED) is 0.362. The van der Waals surface area contributed by atoms with Crippen LogP contribution in [-0.2, 0) is 4.74 Å². The highest BCUT2D eigenvalue weighted by atomic mass is 16.5. The summed E-state index contributed by atoms with van der Waals surface area (Å²) in [6.07, 6.45) is 1.09. The molecule has 2 aromatic carbocycles. The fourth-order valence-corrected chi connectivity index (χ4v) is 4.20. The topological polar surface area (TPSA) is 116 Å². The number of aliphatic hydroxyl groups excluding tert-OH is 1. The molecule has 188 valence electrons. The normalized spacial score (nSPS) is 14.8. The molecule has 1 fully saturated rings. The molecule has 3 heterocycles. The molecule has 1 saturated heterocycles. The first-order valence-corrected chi connectivity index (χ1v) is 11.9. The standard InChI is InChI=1S/C25H30N8O3/c1-31(2)16-19(34)17-36-20-9-7-18(8-10-20)33(25-26-15-21-24(27-25)29-30-28-21)23-6-4-3-5-22(23)32-11-13-35-14-12-32/h3-10,15,19,34H,11-14,16-17H2,1-2H3,(H,26,27,28,29,30). The lowest BCUT2D eigenvalue weighted by Gasteiger charge is -2.33. The van der Waals surface area contributed by atoms with Gasteiger partial charge in [0, 0.05) is 25.3 Å². The van der Waals surface area contributed by atoms with E-state index >= 15 is 0 Å². The van der Waals surface area contributed by atoms with Crippen LogP contribution >= 0.6 is 0 Å². The average molecular weight is 491 g/mol. The zero-order valence-corrected chi connectivity index (χ0v) is 20.4. The van der Waals surface area contributed by atoms with Crippen molar-refractivity contribution in [1.82, 2.24) is 30.3 Å². The minimum Gasteiger partial charge on any atom is -0.491 e. The lowest BCUT2D eigenvalue weighted by atomic mass is 10.2. The third-order valence-corrected chi connectivity index (χ3v) is 5.85. The number of para-hydroxylation sites is 2. The Balaban J connectivity index is 1.49. The predicted octanol–water partition coefficient (Wildman–Crippen LogP) is 2.36. The summed E-state index contributed by atoms with van der Waals surface area (Å²) in [7, 11) is 3.83. The highest BCUT2D eigenvalue weighted by Gasteiger charge is 2.23. The maximum absolute atomic E-state index is 10.1. The number of aromatic nitrogens is 5. The molecule has 0 amide bonds. The van der Waals surface area contributed by atoms with Crippen LogP contribution in [-0.4, -0.2) is 95.0 Å². The highest BCUT2D eigenvalue weighted by molar-refractivity contribution is 5.84. The largest absolute Gasteiger partial charge is 0.491 e. The number of hydrogen-bond acceptors (Lipinski definition) is 10. The summed E-state index contributed by atoms with van der Waals surface area (Å²) >= 11 is 0. The van der Waals surface area contributed by atoms with E-state index in [9.17, 15) is 5.11 Å². The van der Waals surface area contributed by atoms with Gasteiger partial charge in [-0.05, 0) is 50.5 Å². The summed E-state index contributed by atoms with van der Waals surface area (Å²) in [6, 6.07) is 15.9. The predicted molar refractivity (Wildman–Crippen MR) is 137 cm³/mol. The van der Waals surface area contributed by atoms with E-state index in [0.29, 0.717) is 42.6 Å². The molecule has 1 atom stereocenters. The van der Waals surface area contributed by atoms with Gasteiger partial charge < -0.3 is 24.4 Å². The number of morpholine rings is 1. The van der Waals surface area contributed by atoms with Gasteiger partial charge in [0.25, 0.3) is 0 Å². The van der Waals surface area contributed by atoms with Crippen molar-refractivity contribution in [2.45, 2.75) is 6.10 Å². The SMILES string of the molecule is CN(C)CC(O)COc1ccc(N(c2ncc3n[nH]nc3n2)c2ccccc2N2CCOCC2)cc1. The fourth-order valence-electron chi connectivity index (χ4n) is 4.20. The Morgan fingerprint density at radius 1 is 1.08 bits per heavy atom. The van der Waals surface area contributed by atoms with E-state index in [-0.39, 0.29) is 6.61 Å². The van der Waals surface area contributed by atoms with E-state index < -0.39 is 6.10 Å². The number of benzene rings is 2. The summed E-state index contributed by atoms with van der Waals surface area (Å²) in [5.41, 5.74) is 3.96. The number of aromatic amines is 1. The Bertz CT molecular complexity index is 1270. The number of nitrogens with one attached hydrogen (secondary N) is 1. The number of likely N-dealkylation sites (N-methyl/N-ethyl adjacent to an activating group) is 1. The minimum atomic E-state index is -0.570. The molecule has 36 heavy (non-hydrogen) atoms. The van der Waals surface area contributed by atoms with E-state index in [0.717, 1.165) is 30.2 Å². The summed E-state index contributed by atoms with van der Waals surface area (Å²) in [5, 5.41) is 21.0. The van der Waals surface area contributed by atoms with Crippen LogP contribution in [0.2, 0.25) is 0 Å². The summed E-state index contributed by atoms with van der Waals surface area (Å²) in [4.78, 5) is 15.5. The van der Waals surface area contributed by atoms with Gasteiger partial charge in [-0.15, -0.1) is 5.10 Å². The van der Waals surface area contributed by atoms with E-state index in [4.69, 9.17) is 9.47 Å². The molecule has 5 rings (SSSR count). The van der Waals surface area contributed by atoms with Crippen molar-refractivity contribution >= 4 is 34.2 Å². The zero-order chi connectivity index (χ0) is 24.9. The van der Waals surface area contributed by atoms with Crippen LogP contribution < -0.4 is 14.5 Å². The molecule has 0 aliphatic carbocycles. The lowest BCUT2D eigenvalue weighted by Crippen LogP contribution is -2.37. The minimum absolute atomic E-state index is 0.215. The van der Waals surface area contributed by atoms with Gasteiger partial charge in [0.2, 0.25) is 11.6 Å². The van der Waals surface area contributed by atoms with E-state index in [2.05, 4.69) is 42.4 Å². The third-order valence-electron chi connectivity index (χ3n) is 5.85. The maximum atomic E-state index is 10.1. The summed E-state index contributed by atoms with van der Waals surface area (Å²) < 4.78 is 11.4. The van der Waals surface area contributed by atoms with Crippen LogP contribution in [0, 0.1) is 0 Å². The van der Waals surface area contributed by atoms with E-state index in [1.807, 2.05) is 60.3 Å². The van der Waals surface area contributed by atoms with Gasteiger partial charge in [0.15, 0.2) is 0 Å². The number of ether oxygens (including phenoxy) is 2. The van der Waals surface area contributed by atoms with Gasteiger partial charge in [0.1, 0.15) is 24.0 Å². The Kier molecular flexibility index (Phi) is 7.21. The molecular formula is C25H30N8O3. The van der Waals surface area contributed by atoms with Gasteiger partial charge in [-0.25, -0.2) is 4.98 Å². The van der Waals surface area contributed by atoms with Crippen molar-refractivity contribution in [3.8, 4) is 5.75 Å². The first-order valence-electron chi connectivity index (χ1n) is 11.9. The number of fused-ring (bicyclic) bond motifs is 1. The Labute approximate surface area is 209 Å². The Hall–Kier alpha value is -3.80. The van der Waals surface area contributed by atoms with Gasteiger partial charge in [0.05, 0.1) is 30.8 Å². The van der Waals surface area contributed by atoms with Crippen molar-refractivity contribution in [3.05, 3.63) is 54.7 Å². The van der Waals surface area contributed by atoms with Crippen molar-refractivity contribution in [2.75, 3.05) is 63.4 Å². The molecule has 2 aromatic heterocycles. The second kappa shape index (κ2) is 10.9. The van der Waals surface area contributed by atoms with Gasteiger partial charge >= 0.3 is 0 Å². The second-order valence-electron chi connectivity index (χ2n) is 8.85. The van der Waals surface area contributed by atoms with Crippen molar-refractivity contribution in [2.24, 2.45) is 0 Å². The molecule has 2 N–H and O–H groups in total. The van der Waals surface area contributed by atoms with Crippen LogP contribution in [0.3, 0.4) is 0 Å². The molecule has 0 saturated carbocycles. The number of aliphatic hydroxyl groups is 1. The third kappa shape index (κ3) is 5.38. The van der Waals surface area contributed by atoms with Gasteiger partial charge in [-0.1, -0.05) is 12.1 Å². The Morgan fingerprint density at radius 2 is 1.86 bits per heavy atom. The van der Waals surface area contributed by atoms with Gasteiger partial charge in [-0.3, -0.25) is 4.90 Å². The highest BCUT2D eigenvalue weighted by Crippen LogP contribution is 2.39. The molecule has 4 aromatic rings. The number of H-pyrrole nitrogens is 1. The van der Waals surface area contributed by atoms with Gasteiger partial charge in [-0.2, -0.15) is 15.3 Å². The number of anilines is 4. The molecule has 0 bridgehead atoms. The zero-order valence-electron chi connectivity index (χ0n) is 20.4. The average Bonchev–Trinajstić information content (AvgIpc) is 3.37. The molecule has 0 radical (unpaired) electrons.